The van der Waals surface area contributed by atoms with Gasteiger partial charge in [-0.25, -0.2) is 0 Å². The molecule has 0 radical (unpaired) electrons. The van der Waals surface area contributed by atoms with Gasteiger partial charge in [-0.05, 0) is 47.6 Å². The van der Waals surface area contributed by atoms with Crippen LogP contribution in [-0.4, -0.2) is 26.4 Å². The van der Waals surface area contributed by atoms with Crippen LogP contribution in [0.1, 0.15) is 18.4 Å². The highest BCUT2D eigenvalue weighted by atomic mass is 16.4. The molecule has 4 aliphatic rings. The summed E-state index contributed by atoms with van der Waals surface area (Å²) in [5.41, 5.74) is 0.256. The second-order valence-electron chi connectivity index (χ2n) is 7.90. The van der Waals surface area contributed by atoms with E-state index >= 15 is 0 Å². The molecule has 3 aliphatic carbocycles. The molecular formula is C22H18O7. The van der Waals surface area contributed by atoms with Crippen molar-refractivity contribution in [1.82, 2.24) is 0 Å². The van der Waals surface area contributed by atoms with Crippen molar-refractivity contribution in [2.75, 3.05) is 0 Å². The Morgan fingerprint density at radius 2 is 1.72 bits per heavy atom. The lowest BCUT2D eigenvalue weighted by molar-refractivity contribution is -0.143. The summed E-state index contributed by atoms with van der Waals surface area (Å²) in [6, 6.07) is 5.60. The first-order chi connectivity index (χ1) is 13.8. The van der Waals surface area contributed by atoms with Crippen molar-refractivity contribution in [2.45, 2.75) is 12.8 Å². The highest BCUT2D eigenvalue weighted by Crippen LogP contribution is 2.59. The summed E-state index contributed by atoms with van der Waals surface area (Å²) in [6.45, 7) is 2.01. The van der Waals surface area contributed by atoms with Crippen LogP contribution >= 0.6 is 0 Å². The maximum atomic E-state index is 12.2. The molecule has 7 heteroatoms. The van der Waals surface area contributed by atoms with Crippen molar-refractivity contribution >= 4 is 16.9 Å². The molecule has 0 amide bonds. The zero-order valence-corrected chi connectivity index (χ0v) is 15.4. The molecule has 1 aliphatic heterocycles. The van der Waals surface area contributed by atoms with Gasteiger partial charge in [0.15, 0.2) is 17.1 Å². The van der Waals surface area contributed by atoms with Gasteiger partial charge in [0.1, 0.15) is 0 Å². The molecule has 1 aromatic rings. The lowest BCUT2D eigenvalue weighted by atomic mass is 9.75. The van der Waals surface area contributed by atoms with Crippen molar-refractivity contribution < 1.29 is 29.6 Å². The van der Waals surface area contributed by atoms with Crippen LogP contribution in [-0.2, 0) is 4.79 Å². The molecule has 1 aromatic carbocycles. The summed E-state index contributed by atoms with van der Waals surface area (Å²) in [6.07, 6.45) is 3.96. The summed E-state index contributed by atoms with van der Waals surface area (Å²) in [4.78, 5) is 24.2. The van der Waals surface area contributed by atoms with Gasteiger partial charge in [0.05, 0.1) is 5.92 Å². The topological polar surface area (TPSA) is 128 Å². The number of fused-ring (bicyclic) bond motifs is 4. The van der Waals surface area contributed by atoms with Crippen LogP contribution in [0, 0.1) is 23.7 Å². The van der Waals surface area contributed by atoms with Crippen molar-refractivity contribution in [3.8, 4) is 28.6 Å². The third-order valence-corrected chi connectivity index (χ3v) is 6.59. The van der Waals surface area contributed by atoms with E-state index in [0.717, 1.165) is 0 Å². The number of phenols is 3. The predicted molar refractivity (Wildman–Crippen MR) is 103 cm³/mol. The first-order valence-corrected chi connectivity index (χ1v) is 9.35. The van der Waals surface area contributed by atoms with Crippen LogP contribution in [0.4, 0.5) is 0 Å². The predicted octanol–water partition coefficient (Wildman–Crippen LogP) is 3.25. The lowest BCUT2D eigenvalue weighted by Gasteiger charge is -2.29. The van der Waals surface area contributed by atoms with Gasteiger partial charge in [-0.3, -0.25) is 9.59 Å². The number of carboxylic acid groups (broad SMARTS) is 1. The Bertz CT molecular complexity index is 1240. The van der Waals surface area contributed by atoms with Gasteiger partial charge in [-0.1, -0.05) is 19.1 Å². The Labute approximate surface area is 164 Å². The molecule has 0 saturated heterocycles. The minimum absolute atomic E-state index is 0.0556. The van der Waals surface area contributed by atoms with E-state index in [1.807, 2.05) is 19.1 Å². The molecule has 29 heavy (non-hydrogen) atoms. The Balaban J connectivity index is 1.93. The average molecular weight is 394 g/mol. The van der Waals surface area contributed by atoms with E-state index in [1.165, 1.54) is 18.2 Å². The minimum Gasteiger partial charge on any atom is -0.504 e. The molecule has 7 nitrogen and oxygen atoms in total. The van der Waals surface area contributed by atoms with Crippen LogP contribution < -0.4 is 5.43 Å². The molecular weight excluding hydrogens is 376 g/mol. The van der Waals surface area contributed by atoms with Crippen LogP contribution in [0.15, 0.2) is 45.6 Å². The van der Waals surface area contributed by atoms with Crippen molar-refractivity contribution in [1.29, 1.82) is 0 Å². The molecule has 2 bridgehead atoms. The van der Waals surface area contributed by atoms with Crippen molar-refractivity contribution in [2.24, 2.45) is 23.7 Å². The van der Waals surface area contributed by atoms with E-state index in [0.29, 0.717) is 16.5 Å². The summed E-state index contributed by atoms with van der Waals surface area (Å²) in [7, 11) is 0. The molecule has 1 heterocycles. The minimum atomic E-state index is -0.923. The second kappa shape index (κ2) is 5.76. The Hall–Kier alpha value is -3.48. The number of hydrogen-bond acceptors (Lipinski definition) is 6. The standard InChI is InChI=1S/C22H18O7/c1-8-9-2-3-10(8)17(22(27)28)16(9)15-11-4-6-13(23)18(25)20(11)29-21-12(15)5-7-14(24)19(21)26/h2-10,16-17,23,25-26H,1H3,(H,27,28)/t8-,9-,10+,16+,17+/m0/s1. The maximum Gasteiger partial charge on any atom is 0.307 e. The van der Waals surface area contributed by atoms with Gasteiger partial charge >= 0.3 is 5.97 Å². The molecule has 4 N–H and O–H groups in total. The number of aliphatic carboxylic acids is 1. The highest BCUT2D eigenvalue weighted by Gasteiger charge is 2.54. The first kappa shape index (κ1) is 17.6. The van der Waals surface area contributed by atoms with E-state index in [2.05, 4.69) is 0 Å². The summed E-state index contributed by atoms with van der Waals surface area (Å²) in [5.74, 6) is -3.84. The van der Waals surface area contributed by atoms with E-state index in [1.54, 1.807) is 6.07 Å². The Kier molecular flexibility index (Phi) is 3.50. The number of hydrogen-bond donors (Lipinski definition) is 4. The molecule has 5 rings (SSSR count). The molecule has 1 fully saturated rings. The number of rotatable bonds is 2. The number of carbonyl (C=O) groups is 1. The average Bonchev–Trinajstić information content (AvgIpc) is 3.19. The third kappa shape index (κ3) is 2.18. The van der Waals surface area contributed by atoms with Crippen LogP contribution in [0.5, 0.6) is 17.2 Å². The SMILES string of the molecule is C[C@@H]1[C@H]2C=C[C@@H]1[C@H](c1c3ccc(=O)c(O)c-3oc3c(O)c(O)ccc13)[C@@H]2C(=O)O. The van der Waals surface area contributed by atoms with Gasteiger partial charge in [0, 0.05) is 16.9 Å². The number of aromatic hydroxyl groups is 3. The van der Waals surface area contributed by atoms with Gasteiger partial charge in [-0.15, -0.1) is 0 Å². The summed E-state index contributed by atoms with van der Waals surface area (Å²) >= 11 is 0. The monoisotopic (exact) mass is 394 g/mol. The maximum absolute atomic E-state index is 12.2. The molecule has 148 valence electrons. The number of benzene rings is 2. The Morgan fingerprint density at radius 1 is 1.00 bits per heavy atom. The fraction of sp³-hybridized carbons (Fsp3) is 0.273. The molecule has 5 atom stereocenters. The zero-order valence-electron chi connectivity index (χ0n) is 15.4. The van der Waals surface area contributed by atoms with Gasteiger partial charge < -0.3 is 24.8 Å². The van der Waals surface area contributed by atoms with Gasteiger partial charge in [0.25, 0.3) is 0 Å². The smallest absolute Gasteiger partial charge is 0.307 e. The van der Waals surface area contributed by atoms with Gasteiger partial charge in [-0.2, -0.15) is 0 Å². The normalized spacial score (nSPS) is 27.8. The van der Waals surface area contributed by atoms with E-state index < -0.39 is 40.5 Å². The van der Waals surface area contributed by atoms with Crippen LogP contribution in [0.2, 0.25) is 0 Å². The van der Waals surface area contributed by atoms with Crippen LogP contribution in [0.3, 0.4) is 0 Å². The fourth-order valence-electron chi connectivity index (χ4n) is 5.28. The van der Waals surface area contributed by atoms with Crippen molar-refractivity contribution in [3.05, 3.63) is 52.2 Å². The molecule has 1 saturated carbocycles. The summed E-state index contributed by atoms with van der Waals surface area (Å²) in [5, 5.41) is 41.0. The lowest BCUT2D eigenvalue weighted by Crippen LogP contribution is -2.26. The Morgan fingerprint density at radius 3 is 2.45 bits per heavy atom. The summed E-state index contributed by atoms with van der Waals surface area (Å²) < 4.78 is 5.65. The molecule has 0 unspecified atom stereocenters. The first-order valence-electron chi connectivity index (χ1n) is 9.35. The number of phenolic OH excluding ortho intramolecular Hbond substituents is 3. The van der Waals surface area contributed by atoms with E-state index in [4.69, 9.17) is 4.42 Å². The van der Waals surface area contributed by atoms with Crippen molar-refractivity contribution in [3.63, 3.8) is 0 Å². The third-order valence-electron chi connectivity index (χ3n) is 6.59. The van der Waals surface area contributed by atoms with E-state index in [-0.39, 0.29) is 29.1 Å². The van der Waals surface area contributed by atoms with E-state index in [9.17, 15) is 30.0 Å². The van der Waals surface area contributed by atoms with Crippen LogP contribution in [0.25, 0.3) is 22.3 Å². The molecule has 0 aromatic heterocycles. The van der Waals surface area contributed by atoms with Gasteiger partial charge in [0.2, 0.25) is 16.9 Å². The zero-order chi connectivity index (χ0) is 20.6. The second-order valence-corrected chi connectivity index (χ2v) is 7.90. The fourth-order valence-corrected chi connectivity index (χ4v) is 5.28. The highest BCUT2D eigenvalue weighted by molar-refractivity contribution is 5.95. The number of allylic oxidation sites excluding steroid dienone is 2. The largest absolute Gasteiger partial charge is 0.504 e. The number of carboxylic acids is 1. The quantitative estimate of drug-likeness (QED) is 0.298. The molecule has 0 spiro atoms.